The summed E-state index contributed by atoms with van der Waals surface area (Å²) >= 11 is 1.91. The quantitative estimate of drug-likeness (QED) is 0.901. The summed E-state index contributed by atoms with van der Waals surface area (Å²) in [5.74, 6) is 0.954. The highest BCUT2D eigenvalue weighted by molar-refractivity contribution is 7.12. The second kappa shape index (κ2) is 7.95. The molecule has 2 aromatic rings. The average molecular weight is 330 g/mol. The van der Waals surface area contributed by atoms with Crippen molar-refractivity contribution in [2.45, 2.75) is 26.3 Å². The summed E-state index contributed by atoms with van der Waals surface area (Å²) in [5.41, 5.74) is 1.36. The van der Waals surface area contributed by atoms with Crippen molar-refractivity contribution in [2.75, 3.05) is 32.8 Å². The van der Waals surface area contributed by atoms with Gasteiger partial charge in [0.1, 0.15) is 5.75 Å². The van der Waals surface area contributed by atoms with Gasteiger partial charge in [0.05, 0.1) is 12.6 Å². The molecule has 1 aliphatic heterocycles. The van der Waals surface area contributed by atoms with Crippen molar-refractivity contribution < 1.29 is 4.74 Å². The Balaban J connectivity index is 1.90. The Hall–Kier alpha value is -1.36. The van der Waals surface area contributed by atoms with Gasteiger partial charge in [0.2, 0.25) is 0 Å². The molecule has 124 valence electrons. The van der Waals surface area contributed by atoms with Crippen LogP contribution in [0.25, 0.3) is 0 Å². The van der Waals surface area contributed by atoms with Crippen LogP contribution in [0.4, 0.5) is 0 Å². The van der Waals surface area contributed by atoms with E-state index in [1.165, 1.54) is 21.7 Å². The predicted octanol–water partition coefficient (Wildman–Crippen LogP) is 3.84. The molecule has 1 unspecified atom stereocenters. The van der Waals surface area contributed by atoms with Crippen LogP contribution >= 0.6 is 11.3 Å². The van der Waals surface area contributed by atoms with E-state index in [0.717, 1.165) is 31.9 Å². The molecule has 2 heterocycles. The Labute approximate surface area is 143 Å². The van der Waals surface area contributed by atoms with Gasteiger partial charge in [-0.1, -0.05) is 12.1 Å². The zero-order valence-electron chi connectivity index (χ0n) is 14.0. The summed E-state index contributed by atoms with van der Waals surface area (Å²) in [5, 5.41) is 3.51. The molecule has 3 rings (SSSR count). The van der Waals surface area contributed by atoms with Gasteiger partial charge >= 0.3 is 0 Å². The normalized spacial score (nSPS) is 17.7. The van der Waals surface area contributed by atoms with Gasteiger partial charge in [-0.05, 0) is 56.6 Å². The van der Waals surface area contributed by atoms with Crippen LogP contribution in [0.5, 0.6) is 5.75 Å². The lowest BCUT2D eigenvalue weighted by atomic mass is 10.0. The summed E-state index contributed by atoms with van der Waals surface area (Å²) in [7, 11) is 0. The van der Waals surface area contributed by atoms with Gasteiger partial charge in [0.25, 0.3) is 0 Å². The zero-order valence-corrected chi connectivity index (χ0v) is 14.9. The number of nitrogens with one attached hydrogen (secondary N) is 1. The second-order valence-corrected chi connectivity index (χ2v) is 7.31. The maximum Gasteiger partial charge on any atom is 0.119 e. The highest BCUT2D eigenvalue weighted by Gasteiger charge is 2.24. The first-order chi connectivity index (χ1) is 11.3. The fourth-order valence-electron chi connectivity index (χ4n) is 3.19. The minimum atomic E-state index is 0.351. The van der Waals surface area contributed by atoms with Gasteiger partial charge in [0, 0.05) is 29.4 Å². The molecule has 1 fully saturated rings. The van der Waals surface area contributed by atoms with E-state index in [1.54, 1.807) is 0 Å². The predicted molar refractivity (Wildman–Crippen MR) is 97.6 cm³/mol. The molecule has 0 amide bonds. The number of nitrogens with zero attached hydrogens (tertiary/aromatic N) is 1. The van der Waals surface area contributed by atoms with Crippen molar-refractivity contribution >= 4 is 11.3 Å². The Morgan fingerprint density at radius 1 is 1.13 bits per heavy atom. The zero-order chi connectivity index (χ0) is 16.1. The van der Waals surface area contributed by atoms with Crippen LogP contribution in [0.2, 0.25) is 0 Å². The number of aryl methyl sites for hydroxylation is 1. The first-order valence-corrected chi connectivity index (χ1v) is 9.33. The topological polar surface area (TPSA) is 24.5 Å². The summed E-state index contributed by atoms with van der Waals surface area (Å²) in [6.07, 6.45) is 1.21. The minimum absolute atomic E-state index is 0.351. The Kier molecular flexibility index (Phi) is 5.70. The third-order valence-corrected chi connectivity index (χ3v) is 5.33. The van der Waals surface area contributed by atoms with Crippen LogP contribution in [-0.2, 0) is 0 Å². The van der Waals surface area contributed by atoms with E-state index in [-0.39, 0.29) is 0 Å². The van der Waals surface area contributed by atoms with E-state index < -0.39 is 0 Å². The van der Waals surface area contributed by atoms with E-state index in [9.17, 15) is 0 Å². The summed E-state index contributed by atoms with van der Waals surface area (Å²) in [6.45, 7) is 9.35. The minimum Gasteiger partial charge on any atom is -0.494 e. The lowest BCUT2D eigenvalue weighted by molar-refractivity contribution is 0.243. The molecule has 1 aliphatic rings. The first-order valence-electron chi connectivity index (χ1n) is 8.52. The van der Waals surface area contributed by atoms with Gasteiger partial charge in [-0.3, -0.25) is 4.90 Å². The van der Waals surface area contributed by atoms with E-state index >= 15 is 0 Å². The van der Waals surface area contributed by atoms with Gasteiger partial charge < -0.3 is 10.1 Å². The fourth-order valence-corrected chi connectivity index (χ4v) is 4.23. The van der Waals surface area contributed by atoms with Crippen LogP contribution < -0.4 is 10.1 Å². The SMILES string of the molecule is CCOc1ccc(C(c2ccc(C)s2)N2CCCNCC2)cc1. The molecular weight excluding hydrogens is 304 g/mol. The van der Waals surface area contributed by atoms with Crippen molar-refractivity contribution in [1.82, 2.24) is 10.2 Å². The van der Waals surface area contributed by atoms with E-state index in [4.69, 9.17) is 4.74 Å². The fraction of sp³-hybridized carbons (Fsp3) is 0.474. The Morgan fingerprint density at radius 2 is 1.96 bits per heavy atom. The highest BCUT2D eigenvalue weighted by Crippen LogP contribution is 2.34. The molecule has 3 nitrogen and oxygen atoms in total. The Bertz CT molecular complexity index is 600. The molecule has 1 atom stereocenters. The van der Waals surface area contributed by atoms with E-state index in [1.807, 2.05) is 18.3 Å². The van der Waals surface area contributed by atoms with Crippen LogP contribution in [0.15, 0.2) is 36.4 Å². The molecular formula is C19H26N2OS. The Morgan fingerprint density at radius 3 is 2.65 bits per heavy atom. The van der Waals surface area contributed by atoms with Gasteiger partial charge in [-0.25, -0.2) is 0 Å². The third-order valence-electron chi connectivity index (χ3n) is 4.28. The molecule has 0 spiro atoms. The monoisotopic (exact) mass is 330 g/mol. The van der Waals surface area contributed by atoms with Crippen LogP contribution in [-0.4, -0.2) is 37.7 Å². The first kappa shape index (κ1) is 16.5. The number of rotatable bonds is 5. The average Bonchev–Trinajstić information content (AvgIpc) is 2.82. The molecule has 23 heavy (non-hydrogen) atoms. The largest absolute Gasteiger partial charge is 0.494 e. The number of ether oxygens (including phenoxy) is 1. The lowest BCUT2D eigenvalue weighted by Gasteiger charge is -2.30. The summed E-state index contributed by atoms with van der Waals surface area (Å²) in [4.78, 5) is 5.43. The number of benzene rings is 1. The number of thiophene rings is 1. The number of hydrogen-bond acceptors (Lipinski definition) is 4. The highest BCUT2D eigenvalue weighted by atomic mass is 32.1. The van der Waals surface area contributed by atoms with Crippen molar-refractivity contribution in [3.63, 3.8) is 0 Å². The molecule has 1 saturated heterocycles. The van der Waals surface area contributed by atoms with Crippen molar-refractivity contribution in [1.29, 1.82) is 0 Å². The van der Waals surface area contributed by atoms with Crippen LogP contribution in [0.1, 0.15) is 34.7 Å². The molecule has 0 aliphatic carbocycles. The van der Waals surface area contributed by atoms with Crippen LogP contribution in [0, 0.1) is 6.92 Å². The maximum atomic E-state index is 5.59. The summed E-state index contributed by atoms with van der Waals surface area (Å²) < 4.78 is 5.59. The molecule has 0 radical (unpaired) electrons. The molecule has 0 saturated carbocycles. The molecule has 1 aromatic heterocycles. The molecule has 4 heteroatoms. The van der Waals surface area contributed by atoms with Crippen molar-refractivity contribution in [3.05, 3.63) is 51.7 Å². The maximum absolute atomic E-state index is 5.59. The van der Waals surface area contributed by atoms with E-state index in [2.05, 4.69) is 53.5 Å². The van der Waals surface area contributed by atoms with Crippen molar-refractivity contribution in [2.24, 2.45) is 0 Å². The van der Waals surface area contributed by atoms with Crippen LogP contribution in [0.3, 0.4) is 0 Å². The lowest BCUT2D eigenvalue weighted by Crippen LogP contribution is -2.32. The van der Waals surface area contributed by atoms with Gasteiger partial charge in [-0.15, -0.1) is 11.3 Å². The molecule has 1 N–H and O–H groups in total. The van der Waals surface area contributed by atoms with Gasteiger partial charge in [-0.2, -0.15) is 0 Å². The molecule has 1 aromatic carbocycles. The van der Waals surface area contributed by atoms with Crippen molar-refractivity contribution in [3.8, 4) is 5.75 Å². The second-order valence-electron chi connectivity index (χ2n) is 5.99. The van der Waals surface area contributed by atoms with Gasteiger partial charge in [0.15, 0.2) is 0 Å². The standard InChI is InChI=1S/C19H26N2OS/c1-3-22-17-8-6-16(7-9-17)19(18-10-5-15(2)23-18)21-13-4-11-20-12-14-21/h5-10,19-20H,3-4,11-14H2,1-2H3. The molecule has 0 bridgehead atoms. The third kappa shape index (κ3) is 4.14. The van der Waals surface area contributed by atoms with E-state index in [0.29, 0.717) is 12.6 Å². The number of hydrogen-bond donors (Lipinski definition) is 1. The summed E-state index contributed by atoms with van der Waals surface area (Å²) in [6, 6.07) is 13.5. The smallest absolute Gasteiger partial charge is 0.119 e.